The minimum absolute atomic E-state index is 0.0391. The zero-order valence-corrected chi connectivity index (χ0v) is 22.3. The van der Waals surface area contributed by atoms with Crippen LogP contribution in [0.5, 0.6) is 5.75 Å². The molecule has 198 valence electrons. The molecule has 3 heterocycles. The summed E-state index contributed by atoms with van der Waals surface area (Å²) in [6.07, 6.45) is 3.29. The van der Waals surface area contributed by atoms with Crippen molar-refractivity contribution in [2.45, 2.75) is 46.7 Å². The maximum Gasteiger partial charge on any atom is 0.272 e. The van der Waals surface area contributed by atoms with Crippen molar-refractivity contribution in [2.75, 3.05) is 26.4 Å². The average molecular weight is 515 g/mol. The minimum Gasteiger partial charge on any atom is -0.491 e. The first kappa shape index (κ1) is 25.7. The molecule has 8 nitrogen and oxygen atoms in total. The number of carbonyl (C=O) groups is 1. The molecule has 38 heavy (non-hydrogen) atoms. The molecule has 0 N–H and O–H groups in total. The average Bonchev–Trinajstić information content (AvgIpc) is 3.51. The molecule has 8 heteroatoms. The van der Waals surface area contributed by atoms with Gasteiger partial charge in [-0.1, -0.05) is 42.4 Å². The molecule has 2 aromatic carbocycles. The number of benzene rings is 2. The third-order valence-electron chi connectivity index (χ3n) is 6.79. The van der Waals surface area contributed by atoms with Gasteiger partial charge >= 0.3 is 0 Å². The number of fused-ring (bicyclic) bond motifs is 3. The van der Waals surface area contributed by atoms with Crippen molar-refractivity contribution in [3.05, 3.63) is 88.6 Å². The second-order valence-electron chi connectivity index (χ2n) is 9.65. The molecule has 0 unspecified atom stereocenters. The number of amides is 1. The van der Waals surface area contributed by atoms with E-state index >= 15 is 0 Å². The van der Waals surface area contributed by atoms with Crippen LogP contribution >= 0.6 is 0 Å². The number of carbonyl (C=O) groups excluding carboxylic acids is 1. The first-order valence-corrected chi connectivity index (χ1v) is 13.2. The van der Waals surface area contributed by atoms with Crippen LogP contribution in [0.4, 0.5) is 0 Å². The molecule has 5 rings (SSSR count). The summed E-state index contributed by atoms with van der Waals surface area (Å²) in [6, 6.07) is 16.4. The Bertz CT molecular complexity index is 1390. The van der Waals surface area contributed by atoms with E-state index < -0.39 is 0 Å². The molecule has 1 aliphatic rings. The summed E-state index contributed by atoms with van der Waals surface area (Å²) >= 11 is 0. The fraction of sp³-hybridized carbons (Fsp3) is 0.367. The summed E-state index contributed by atoms with van der Waals surface area (Å²) in [6.45, 7) is 8.94. The Balaban J connectivity index is 1.45. The number of rotatable bonds is 4. The molecule has 0 saturated heterocycles. The van der Waals surface area contributed by atoms with Crippen molar-refractivity contribution in [3.8, 4) is 16.9 Å². The highest BCUT2D eigenvalue weighted by atomic mass is 16.5. The molecular formula is C30H34N4O4. The fourth-order valence-corrected chi connectivity index (χ4v) is 4.99. The summed E-state index contributed by atoms with van der Waals surface area (Å²) < 4.78 is 19.2. The quantitative estimate of drug-likeness (QED) is 0.372. The Morgan fingerprint density at radius 3 is 2.71 bits per heavy atom. The molecule has 4 aromatic rings. The van der Waals surface area contributed by atoms with E-state index in [-0.39, 0.29) is 5.91 Å². The molecular weight excluding hydrogens is 480 g/mol. The van der Waals surface area contributed by atoms with Gasteiger partial charge in [0.25, 0.3) is 5.91 Å². The largest absolute Gasteiger partial charge is 0.491 e. The number of nitrogens with zero attached hydrogens (tertiary/aromatic N) is 4. The zero-order chi connectivity index (χ0) is 26.5. The predicted octanol–water partition coefficient (Wildman–Crippen LogP) is 5.21. The van der Waals surface area contributed by atoms with Crippen molar-refractivity contribution in [3.63, 3.8) is 0 Å². The monoisotopic (exact) mass is 514 g/mol. The van der Waals surface area contributed by atoms with Crippen molar-refractivity contribution in [1.82, 2.24) is 19.8 Å². The van der Waals surface area contributed by atoms with E-state index in [0.29, 0.717) is 51.6 Å². The van der Waals surface area contributed by atoms with Gasteiger partial charge < -0.3 is 18.9 Å². The van der Waals surface area contributed by atoms with Crippen LogP contribution in [0.1, 0.15) is 52.0 Å². The second kappa shape index (κ2) is 11.6. The van der Waals surface area contributed by atoms with Crippen molar-refractivity contribution >= 4 is 5.91 Å². The number of hydrogen-bond donors (Lipinski definition) is 0. The molecule has 1 amide bonds. The maximum absolute atomic E-state index is 13.5. The molecule has 0 fully saturated rings. The summed E-state index contributed by atoms with van der Waals surface area (Å²) in [4.78, 5) is 15.4. The fourth-order valence-electron chi connectivity index (χ4n) is 4.99. The smallest absolute Gasteiger partial charge is 0.272 e. The molecule has 2 aromatic heterocycles. The van der Waals surface area contributed by atoms with Crippen LogP contribution in [0, 0.1) is 13.8 Å². The molecule has 0 radical (unpaired) electrons. The molecule has 0 atom stereocenters. The van der Waals surface area contributed by atoms with Crippen LogP contribution in [0.15, 0.2) is 59.3 Å². The topological polar surface area (TPSA) is 82.6 Å². The van der Waals surface area contributed by atoms with Gasteiger partial charge in [0.05, 0.1) is 18.9 Å². The summed E-state index contributed by atoms with van der Waals surface area (Å²) in [5.74, 6) is 1.60. The van der Waals surface area contributed by atoms with Gasteiger partial charge in [-0.3, -0.25) is 9.48 Å². The number of aromatic nitrogens is 3. The van der Waals surface area contributed by atoms with Crippen LogP contribution in [0.3, 0.4) is 0 Å². The lowest BCUT2D eigenvalue weighted by Gasteiger charge is -2.24. The molecule has 0 saturated carbocycles. The SMILES string of the molecule is CCCn1nccc1C(=O)N1CCOCCOc2ccc(-c3c(C)noc3C)cc2Cc2cccc(c2)C1. The standard InChI is InChI=1S/C30H34N4O4/c1-4-12-34-27(10-11-31-34)30(35)33-13-14-36-15-16-37-28-9-8-25(29-21(2)32-38-22(29)3)19-26(28)18-23-6-5-7-24(17-23)20-33/h5-11,17,19H,4,12-16,18,20H2,1-3H3. The van der Waals surface area contributed by atoms with E-state index in [4.69, 9.17) is 14.0 Å². The van der Waals surface area contributed by atoms with Crippen LogP contribution in [-0.4, -0.2) is 52.1 Å². The predicted molar refractivity (Wildman–Crippen MR) is 144 cm³/mol. The Labute approximate surface area is 223 Å². The van der Waals surface area contributed by atoms with E-state index in [1.807, 2.05) is 24.8 Å². The normalized spacial score (nSPS) is 14.4. The van der Waals surface area contributed by atoms with Crippen LogP contribution in [-0.2, 0) is 24.2 Å². The van der Waals surface area contributed by atoms with Gasteiger partial charge in [0.2, 0.25) is 0 Å². The van der Waals surface area contributed by atoms with Crippen molar-refractivity contribution in [1.29, 1.82) is 0 Å². The molecule has 0 aliphatic carbocycles. The summed E-state index contributed by atoms with van der Waals surface area (Å²) in [5.41, 5.74) is 6.84. The third-order valence-corrected chi connectivity index (χ3v) is 6.79. The highest BCUT2D eigenvalue weighted by Gasteiger charge is 2.21. The van der Waals surface area contributed by atoms with Crippen LogP contribution < -0.4 is 4.74 Å². The highest BCUT2D eigenvalue weighted by molar-refractivity contribution is 5.92. The van der Waals surface area contributed by atoms with Gasteiger partial charge in [-0.2, -0.15) is 5.10 Å². The Morgan fingerprint density at radius 1 is 1.03 bits per heavy atom. The van der Waals surface area contributed by atoms with Crippen LogP contribution in [0.25, 0.3) is 11.1 Å². The van der Waals surface area contributed by atoms with Gasteiger partial charge in [-0.15, -0.1) is 0 Å². The first-order chi connectivity index (χ1) is 18.5. The van der Waals surface area contributed by atoms with E-state index in [2.05, 4.69) is 53.6 Å². The van der Waals surface area contributed by atoms with E-state index in [1.165, 1.54) is 0 Å². The van der Waals surface area contributed by atoms with E-state index in [9.17, 15) is 4.79 Å². The minimum atomic E-state index is -0.0391. The zero-order valence-electron chi connectivity index (χ0n) is 22.3. The lowest BCUT2D eigenvalue weighted by Crippen LogP contribution is -2.35. The molecule has 1 aliphatic heterocycles. The van der Waals surface area contributed by atoms with E-state index in [0.717, 1.165) is 51.4 Å². The Morgan fingerprint density at radius 2 is 1.89 bits per heavy atom. The number of ether oxygens (including phenoxy) is 2. The van der Waals surface area contributed by atoms with Crippen molar-refractivity contribution in [2.24, 2.45) is 0 Å². The van der Waals surface area contributed by atoms with Gasteiger partial charge in [-0.05, 0) is 60.7 Å². The summed E-state index contributed by atoms with van der Waals surface area (Å²) in [7, 11) is 0. The highest BCUT2D eigenvalue weighted by Crippen LogP contribution is 2.32. The third kappa shape index (κ3) is 5.65. The number of aryl methyl sites for hydroxylation is 3. The van der Waals surface area contributed by atoms with Gasteiger partial charge in [-0.25, -0.2) is 0 Å². The molecule has 2 bridgehead atoms. The van der Waals surface area contributed by atoms with Gasteiger partial charge in [0, 0.05) is 37.8 Å². The molecule has 0 spiro atoms. The number of hydrogen-bond acceptors (Lipinski definition) is 6. The Hall–Kier alpha value is -3.91. The van der Waals surface area contributed by atoms with Crippen molar-refractivity contribution < 1.29 is 18.8 Å². The maximum atomic E-state index is 13.5. The summed E-state index contributed by atoms with van der Waals surface area (Å²) in [5, 5.41) is 8.46. The van der Waals surface area contributed by atoms with E-state index in [1.54, 1.807) is 16.9 Å². The van der Waals surface area contributed by atoms with Gasteiger partial charge in [0.1, 0.15) is 23.8 Å². The Kier molecular flexibility index (Phi) is 7.89. The lowest BCUT2D eigenvalue weighted by atomic mass is 9.96. The lowest BCUT2D eigenvalue weighted by molar-refractivity contribution is 0.0562. The van der Waals surface area contributed by atoms with Crippen LogP contribution in [0.2, 0.25) is 0 Å². The van der Waals surface area contributed by atoms with Gasteiger partial charge in [0.15, 0.2) is 0 Å². The second-order valence-corrected chi connectivity index (χ2v) is 9.65. The first-order valence-electron chi connectivity index (χ1n) is 13.2.